The van der Waals surface area contributed by atoms with Gasteiger partial charge in [-0.05, 0) is 95.7 Å². The van der Waals surface area contributed by atoms with Crippen LogP contribution in [0.25, 0.3) is 94.5 Å². The van der Waals surface area contributed by atoms with Crippen LogP contribution < -0.4 is 9.30 Å². The van der Waals surface area contributed by atoms with Gasteiger partial charge in [0.2, 0.25) is 0 Å². The van der Waals surface area contributed by atoms with Gasteiger partial charge in [-0.3, -0.25) is 4.57 Å². The van der Waals surface area contributed by atoms with Crippen molar-refractivity contribution in [3.63, 3.8) is 0 Å². The second kappa shape index (κ2) is 16.5. The fourth-order valence-electron chi connectivity index (χ4n) is 9.93. The predicted octanol–water partition coefficient (Wildman–Crippen LogP) is 15.2. The zero-order valence-corrected chi connectivity index (χ0v) is 41.1. The first-order chi connectivity index (χ1) is 32.5. The molecule has 0 unspecified atom stereocenters. The molecule has 1 aliphatic heterocycles. The van der Waals surface area contributed by atoms with E-state index in [2.05, 4.69) is 231 Å². The summed E-state index contributed by atoms with van der Waals surface area (Å²) in [5.41, 5.74) is 17.6. The third kappa shape index (κ3) is 7.20. The summed E-state index contributed by atoms with van der Waals surface area (Å²) in [7, 11) is 0. The van der Waals surface area contributed by atoms with Crippen LogP contribution in [0, 0.1) is 18.5 Å². The van der Waals surface area contributed by atoms with E-state index in [0.717, 1.165) is 77.8 Å². The molecule has 0 radical (unpaired) electrons. The summed E-state index contributed by atoms with van der Waals surface area (Å²) >= 11 is 0. The van der Waals surface area contributed by atoms with Crippen LogP contribution in [0.3, 0.4) is 0 Å². The maximum Gasteiger partial charge on any atom is 0.268 e. The number of para-hydroxylation sites is 3. The summed E-state index contributed by atoms with van der Waals surface area (Å²) in [6.07, 6.45) is 5.81. The largest absolute Gasteiger partial charge is 0.510 e. The summed E-state index contributed by atoms with van der Waals surface area (Å²) in [5.74, 6) is 2.01. The molecule has 12 rings (SSSR count). The molecular formula is C62H48N4OPt-2. The zero-order chi connectivity index (χ0) is 45.6. The topological polar surface area (TPSA) is 35.9 Å². The Morgan fingerprint density at radius 2 is 1.09 bits per heavy atom. The summed E-state index contributed by atoms with van der Waals surface area (Å²) in [4.78, 5) is 4.88. The van der Waals surface area contributed by atoms with E-state index in [4.69, 9.17) is 9.72 Å². The van der Waals surface area contributed by atoms with Gasteiger partial charge >= 0.3 is 0 Å². The molecule has 11 aromatic rings. The Bertz CT molecular complexity index is 3750. The van der Waals surface area contributed by atoms with E-state index in [1.807, 2.05) is 24.4 Å². The second-order valence-corrected chi connectivity index (χ2v) is 19.7. The van der Waals surface area contributed by atoms with E-state index >= 15 is 0 Å². The Morgan fingerprint density at radius 3 is 1.82 bits per heavy atom. The predicted molar refractivity (Wildman–Crippen MR) is 273 cm³/mol. The summed E-state index contributed by atoms with van der Waals surface area (Å²) in [6.45, 7) is 13.5. The Labute approximate surface area is 412 Å². The van der Waals surface area contributed by atoms with Gasteiger partial charge in [-0.15, -0.1) is 29.7 Å². The average molecular weight is 1060 g/mol. The molecule has 0 bridgehead atoms. The van der Waals surface area contributed by atoms with Gasteiger partial charge in [-0.2, -0.15) is 18.2 Å². The number of pyridine rings is 1. The normalized spacial score (nSPS) is 12.1. The Balaban J connectivity index is 0.00000507. The number of ether oxygens (including phenoxy) is 1. The first kappa shape index (κ1) is 43.3. The maximum atomic E-state index is 6.72. The number of rotatable bonds is 5. The van der Waals surface area contributed by atoms with Crippen LogP contribution in [0.5, 0.6) is 11.5 Å². The number of hydrogen-bond donors (Lipinski definition) is 0. The molecule has 0 spiro atoms. The van der Waals surface area contributed by atoms with E-state index in [1.54, 1.807) is 0 Å². The number of nitrogens with zero attached hydrogens (tertiary/aromatic N) is 4. The van der Waals surface area contributed by atoms with Crippen molar-refractivity contribution in [2.75, 3.05) is 0 Å². The van der Waals surface area contributed by atoms with Crippen molar-refractivity contribution in [2.45, 2.75) is 52.4 Å². The van der Waals surface area contributed by atoms with Crippen molar-refractivity contribution < 1.29 is 30.4 Å². The standard InChI is InChI=1S/C62H48N4O.Pt/c1-61(2,3)41-30-28-40(29-31-41)46-23-14-24-53-49-20-9-7-18-47(49)48-19-8-10-21-50(48)54-25-15-27-56-60(54)65(59(46)53)39-64(56)43-16-13-17-44(37-43)67-45-32-33-52-51-22-11-12-26-55(51)66(57(52)38-45)58-36-42(34-35-63-58)62(4,5)6;/h7-36H,1-6H3;/q-2;. The minimum Gasteiger partial charge on any atom is -0.510 e. The Morgan fingerprint density at radius 1 is 0.500 bits per heavy atom. The van der Waals surface area contributed by atoms with Crippen LogP contribution in [-0.2, 0) is 31.9 Å². The molecule has 8 aromatic carbocycles. The molecule has 0 saturated carbocycles. The fraction of sp³-hybridized carbons (Fsp3) is 0.129. The Kier molecular flexibility index (Phi) is 10.5. The van der Waals surface area contributed by atoms with Gasteiger partial charge in [0.1, 0.15) is 5.82 Å². The number of aromatic nitrogens is 4. The molecular weight excluding hydrogens is 1010 g/mol. The number of fused-ring (bicyclic) bond motifs is 10. The minimum absolute atomic E-state index is 0. The Hall–Kier alpha value is -7.33. The van der Waals surface area contributed by atoms with Crippen molar-refractivity contribution in [2.24, 2.45) is 0 Å². The van der Waals surface area contributed by atoms with Crippen LogP contribution in [-0.4, -0.2) is 14.1 Å². The maximum absolute atomic E-state index is 6.72. The quantitative estimate of drug-likeness (QED) is 0.127. The number of imidazole rings is 1. The number of hydrogen-bond acceptors (Lipinski definition) is 2. The molecule has 0 atom stereocenters. The monoisotopic (exact) mass is 1060 g/mol. The van der Waals surface area contributed by atoms with Gasteiger partial charge in [0.05, 0.1) is 16.7 Å². The van der Waals surface area contributed by atoms with Crippen molar-refractivity contribution in [3.8, 4) is 73.2 Å². The van der Waals surface area contributed by atoms with Crippen molar-refractivity contribution >= 4 is 32.8 Å². The molecule has 68 heavy (non-hydrogen) atoms. The van der Waals surface area contributed by atoms with Gasteiger partial charge in [-0.25, -0.2) is 4.98 Å². The zero-order valence-electron chi connectivity index (χ0n) is 38.8. The molecule has 3 aromatic heterocycles. The molecule has 0 saturated heterocycles. The van der Waals surface area contributed by atoms with Gasteiger partial charge in [0, 0.05) is 44.3 Å². The molecule has 0 aliphatic carbocycles. The molecule has 1 aliphatic rings. The molecule has 0 N–H and O–H groups in total. The van der Waals surface area contributed by atoms with E-state index in [-0.39, 0.29) is 31.9 Å². The molecule has 0 fully saturated rings. The molecule has 5 nitrogen and oxygen atoms in total. The van der Waals surface area contributed by atoms with E-state index in [1.165, 1.54) is 27.8 Å². The van der Waals surface area contributed by atoms with Crippen molar-refractivity contribution in [1.29, 1.82) is 0 Å². The van der Waals surface area contributed by atoms with Crippen LogP contribution in [0.1, 0.15) is 52.7 Å². The minimum atomic E-state index is -0.0337. The molecule has 6 heteroatoms. The SMILES string of the molecule is CC(C)(C)c1ccc(-c2cccc3c2-[n+]2[c-]n(-c4[c-]c(Oc5[c-]c6c(cc5)c5ccccc5n6-c5cc(C(C)(C)C)ccn5)ccc4)c4cccc(c42)-c2ccccc2-c2ccccc2-3)cc1.[Pt]. The van der Waals surface area contributed by atoms with Gasteiger partial charge in [0.25, 0.3) is 6.33 Å². The van der Waals surface area contributed by atoms with Crippen LogP contribution in [0.2, 0.25) is 0 Å². The van der Waals surface area contributed by atoms with Crippen LogP contribution in [0.15, 0.2) is 182 Å². The first-order valence-corrected chi connectivity index (χ1v) is 23.0. The molecule has 0 amide bonds. The summed E-state index contributed by atoms with van der Waals surface area (Å²) in [5, 5.41) is 2.22. The first-order valence-electron chi connectivity index (χ1n) is 23.0. The van der Waals surface area contributed by atoms with Crippen molar-refractivity contribution in [3.05, 3.63) is 212 Å². The summed E-state index contributed by atoms with van der Waals surface area (Å²) < 4.78 is 13.3. The van der Waals surface area contributed by atoms with Crippen LogP contribution in [0.4, 0.5) is 0 Å². The second-order valence-electron chi connectivity index (χ2n) is 19.7. The average Bonchev–Trinajstić information content (AvgIpc) is 3.90. The van der Waals surface area contributed by atoms with E-state index < -0.39 is 0 Å². The van der Waals surface area contributed by atoms with Gasteiger partial charge in [-0.1, -0.05) is 174 Å². The fourth-order valence-corrected chi connectivity index (χ4v) is 9.93. The third-order valence-electron chi connectivity index (χ3n) is 13.3. The van der Waals surface area contributed by atoms with Gasteiger partial charge < -0.3 is 13.9 Å². The molecule has 334 valence electrons. The van der Waals surface area contributed by atoms with Gasteiger partial charge in [0.15, 0.2) is 0 Å². The third-order valence-corrected chi connectivity index (χ3v) is 13.3. The number of benzene rings is 8. The van der Waals surface area contributed by atoms with Crippen LogP contribution >= 0.6 is 0 Å². The smallest absolute Gasteiger partial charge is 0.268 e. The molecule has 4 heterocycles. The summed E-state index contributed by atoms with van der Waals surface area (Å²) in [6, 6.07) is 70.2. The van der Waals surface area contributed by atoms with E-state index in [9.17, 15) is 0 Å². The van der Waals surface area contributed by atoms with Crippen molar-refractivity contribution in [1.82, 2.24) is 14.1 Å². The van der Waals surface area contributed by atoms with E-state index in [0.29, 0.717) is 11.5 Å².